The minimum atomic E-state index is -1.12. The second-order valence-electron chi connectivity index (χ2n) is 9.58. The Morgan fingerprint density at radius 3 is 1.56 bits per heavy atom. The summed E-state index contributed by atoms with van der Waals surface area (Å²) in [5.41, 5.74) is 2.43. The van der Waals surface area contributed by atoms with E-state index in [0.717, 1.165) is 0 Å². The molecule has 4 aromatic carbocycles. The molecule has 0 saturated carbocycles. The lowest BCUT2D eigenvalue weighted by atomic mass is 10.0. The van der Waals surface area contributed by atoms with E-state index in [2.05, 4.69) is 36.4 Å². The molecule has 4 aromatic rings. The second-order valence-corrected chi connectivity index (χ2v) is 10.0. The van der Waals surface area contributed by atoms with Crippen LogP contribution >= 0.6 is 11.6 Å². The highest BCUT2D eigenvalue weighted by molar-refractivity contribution is 6.30. The van der Waals surface area contributed by atoms with E-state index < -0.39 is 11.6 Å². The number of hydrogen-bond donors (Lipinski definition) is 0. The van der Waals surface area contributed by atoms with Crippen molar-refractivity contribution in [2.45, 2.75) is 39.4 Å². The van der Waals surface area contributed by atoms with Crippen molar-refractivity contribution in [2.24, 2.45) is 0 Å². The van der Waals surface area contributed by atoms with E-state index >= 15 is 0 Å². The number of ether oxygens (including phenoxy) is 2. The summed E-state index contributed by atoms with van der Waals surface area (Å²) in [5.74, 6) is -0.0659. The number of benzene rings is 4. The minimum absolute atomic E-state index is 0.110. The summed E-state index contributed by atoms with van der Waals surface area (Å²) in [6.07, 6.45) is 4.03. The van der Waals surface area contributed by atoms with Crippen molar-refractivity contribution in [1.29, 1.82) is 0 Å². The molecule has 0 aromatic heterocycles. The lowest BCUT2D eigenvalue weighted by Gasteiger charge is -2.25. The topological polar surface area (TPSA) is 52.6 Å². The van der Waals surface area contributed by atoms with Gasteiger partial charge in [0.15, 0.2) is 11.4 Å². The van der Waals surface area contributed by atoms with Gasteiger partial charge in [-0.1, -0.05) is 84.4 Å². The van der Waals surface area contributed by atoms with E-state index in [-0.39, 0.29) is 11.9 Å². The molecule has 0 radical (unpaired) electrons. The lowest BCUT2D eigenvalue weighted by Crippen LogP contribution is -2.40. The highest BCUT2D eigenvalue weighted by Crippen LogP contribution is 2.22. The third-order valence-electron chi connectivity index (χ3n) is 5.50. The molecule has 4 nitrogen and oxygen atoms in total. The van der Waals surface area contributed by atoms with Gasteiger partial charge in [0.25, 0.3) is 0 Å². The molecule has 0 unspecified atom stereocenters. The second kappa shape index (κ2) is 14.1. The van der Waals surface area contributed by atoms with Gasteiger partial charge in [-0.2, -0.15) is 0 Å². The molecular weight excluding hydrogens is 508 g/mol. The van der Waals surface area contributed by atoms with Crippen molar-refractivity contribution >= 4 is 35.5 Å². The number of halogens is 1. The van der Waals surface area contributed by atoms with Crippen LogP contribution in [0.25, 0.3) is 12.2 Å². The highest BCUT2D eigenvalue weighted by Gasteiger charge is 2.32. The van der Waals surface area contributed by atoms with Gasteiger partial charge in [-0.15, -0.1) is 0 Å². The zero-order valence-corrected chi connectivity index (χ0v) is 23.4. The van der Waals surface area contributed by atoms with Gasteiger partial charge >= 0.3 is 5.97 Å². The van der Waals surface area contributed by atoms with Crippen molar-refractivity contribution in [2.75, 3.05) is 0 Å². The van der Waals surface area contributed by atoms with Crippen LogP contribution in [0.15, 0.2) is 109 Å². The third kappa shape index (κ3) is 9.59. The van der Waals surface area contributed by atoms with Crippen LogP contribution in [-0.2, 0) is 9.53 Å². The van der Waals surface area contributed by atoms with Crippen LogP contribution < -0.4 is 4.74 Å². The molecule has 0 amide bonds. The summed E-state index contributed by atoms with van der Waals surface area (Å²) in [7, 11) is 0. The maximum absolute atomic E-state index is 12.4. The molecule has 0 heterocycles. The highest BCUT2D eigenvalue weighted by atomic mass is 35.5. The van der Waals surface area contributed by atoms with Crippen LogP contribution in [-0.4, -0.2) is 23.5 Å². The number of ketones is 1. The number of hydrogen-bond acceptors (Lipinski definition) is 4. The Kier molecular flexibility index (Phi) is 10.7. The molecule has 0 bridgehead atoms. The Labute approximate surface area is 235 Å². The summed E-state index contributed by atoms with van der Waals surface area (Å²) in [6.45, 7) is 6.85. The molecule has 200 valence electrons. The fraction of sp³-hybridized carbons (Fsp3) is 0.176. The number of carbonyl (C=O) groups is 2. The Morgan fingerprint density at radius 1 is 0.692 bits per heavy atom. The van der Waals surface area contributed by atoms with E-state index in [1.54, 1.807) is 76.2 Å². The molecule has 0 atom stereocenters. The molecule has 0 aliphatic heterocycles. The molecule has 0 saturated heterocycles. The number of carbonyl (C=O) groups excluding carboxylic acids is 2. The van der Waals surface area contributed by atoms with E-state index in [1.807, 2.05) is 36.4 Å². The van der Waals surface area contributed by atoms with Crippen molar-refractivity contribution in [3.8, 4) is 5.75 Å². The van der Waals surface area contributed by atoms with Gasteiger partial charge in [0, 0.05) is 16.1 Å². The van der Waals surface area contributed by atoms with Crippen molar-refractivity contribution in [3.63, 3.8) is 0 Å². The molecule has 4 rings (SSSR count). The quantitative estimate of drug-likeness (QED) is 0.128. The fourth-order valence-corrected chi connectivity index (χ4v) is 3.58. The summed E-state index contributed by atoms with van der Waals surface area (Å²) >= 11 is 5.84. The predicted molar refractivity (Wildman–Crippen MR) is 159 cm³/mol. The van der Waals surface area contributed by atoms with Gasteiger partial charge in [0.2, 0.25) is 0 Å². The normalized spacial score (nSPS) is 11.0. The van der Waals surface area contributed by atoms with Crippen LogP contribution in [0.3, 0.4) is 0 Å². The first-order valence-electron chi connectivity index (χ1n) is 12.7. The fourth-order valence-electron chi connectivity index (χ4n) is 3.46. The molecule has 5 heteroatoms. The van der Waals surface area contributed by atoms with Gasteiger partial charge in [0.05, 0.1) is 6.10 Å². The summed E-state index contributed by atoms with van der Waals surface area (Å²) in [4.78, 5) is 24.5. The van der Waals surface area contributed by atoms with Crippen LogP contribution in [0.2, 0.25) is 5.02 Å². The van der Waals surface area contributed by atoms with E-state index in [9.17, 15) is 9.59 Å². The monoisotopic (exact) mass is 540 g/mol. The average Bonchev–Trinajstić information content (AvgIpc) is 2.93. The molecule has 39 heavy (non-hydrogen) atoms. The number of esters is 1. The van der Waals surface area contributed by atoms with E-state index in [4.69, 9.17) is 21.1 Å². The summed E-state index contributed by atoms with van der Waals surface area (Å²) in [6, 6.07) is 34.0. The zero-order chi connectivity index (χ0) is 28.3. The van der Waals surface area contributed by atoms with Gasteiger partial charge < -0.3 is 9.47 Å². The maximum atomic E-state index is 12.4. The average molecular weight is 541 g/mol. The largest absolute Gasteiger partial charge is 0.476 e. The molecule has 0 aliphatic rings. The zero-order valence-electron chi connectivity index (χ0n) is 22.6. The summed E-state index contributed by atoms with van der Waals surface area (Å²) in [5, 5.41) is 0.579. The molecular formula is C34H33ClO4. The van der Waals surface area contributed by atoms with Crippen LogP contribution in [0.4, 0.5) is 0 Å². The van der Waals surface area contributed by atoms with E-state index in [1.165, 1.54) is 11.1 Å². The smallest absolute Gasteiger partial charge is 0.350 e. The Morgan fingerprint density at radius 2 is 1.13 bits per heavy atom. The first kappa shape index (κ1) is 29.4. The Balaban J connectivity index is 0.000000252. The molecule has 0 aliphatic carbocycles. The molecule has 0 N–H and O–H groups in total. The predicted octanol–water partition coefficient (Wildman–Crippen LogP) is 8.54. The van der Waals surface area contributed by atoms with Crippen LogP contribution in [0.5, 0.6) is 5.75 Å². The van der Waals surface area contributed by atoms with Crippen LogP contribution in [0.1, 0.15) is 54.7 Å². The van der Waals surface area contributed by atoms with Crippen LogP contribution in [0, 0.1) is 0 Å². The SMILES string of the molecule is C(=Cc1ccccc1)c1ccccc1.CC(C)OC(=O)C(C)(C)Oc1ccc(C(=O)c2ccc(Cl)cc2)cc1. The Hall–Kier alpha value is -4.15. The van der Waals surface area contributed by atoms with Crippen molar-refractivity contribution in [1.82, 2.24) is 0 Å². The van der Waals surface area contributed by atoms with Crippen molar-refractivity contribution in [3.05, 3.63) is 136 Å². The van der Waals surface area contributed by atoms with Gasteiger partial charge in [-0.05, 0) is 87.4 Å². The number of rotatable bonds is 8. The van der Waals surface area contributed by atoms with E-state index in [0.29, 0.717) is 21.9 Å². The maximum Gasteiger partial charge on any atom is 0.350 e. The van der Waals surface area contributed by atoms with Gasteiger partial charge in [0.1, 0.15) is 5.75 Å². The molecule has 0 fully saturated rings. The van der Waals surface area contributed by atoms with Gasteiger partial charge in [-0.25, -0.2) is 4.79 Å². The summed E-state index contributed by atoms with van der Waals surface area (Å²) < 4.78 is 10.9. The van der Waals surface area contributed by atoms with Crippen molar-refractivity contribution < 1.29 is 19.1 Å². The van der Waals surface area contributed by atoms with Gasteiger partial charge in [-0.3, -0.25) is 4.79 Å². The first-order valence-corrected chi connectivity index (χ1v) is 13.1. The Bertz CT molecular complexity index is 1320. The third-order valence-corrected chi connectivity index (χ3v) is 5.75. The lowest BCUT2D eigenvalue weighted by molar-refractivity contribution is -0.163. The minimum Gasteiger partial charge on any atom is -0.476 e. The first-order chi connectivity index (χ1) is 18.6. The standard InChI is InChI=1S/C20H21ClO4.C14H12/c1-13(2)24-19(23)20(3,4)25-17-11-7-15(8-12-17)18(22)14-5-9-16(21)10-6-14;1-3-7-13(8-4-1)11-12-14-9-5-2-6-10-14/h5-13H,1-4H3;1-12H. The molecule has 0 spiro atoms.